The molecule has 1 aliphatic heterocycles. The Bertz CT molecular complexity index is 786. The first-order valence-corrected chi connectivity index (χ1v) is 11.8. The monoisotopic (exact) mass is 429 g/mol. The van der Waals surface area contributed by atoms with Crippen LogP contribution in [0.2, 0.25) is 0 Å². The van der Waals surface area contributed by atoms with E-state index < -0.39 is 0 Å². The number of guanidine groups is 1. The second kappa shape index (κ2) is 11.4. The average molecular weight is 430 g/mol. The van der Waals surface area contributed by atoms with E-state index in [1.165, 1.54) is 5.56 Å². The molecule has 0 saturated carbocycles. The van der Waals surface area contributed by atoms with Gasteiger partial charge >= 0.3 is 0 Å². The van der Waals surface area contributed by atoms with Crippen LogP contribution in [-0.4, -0.2) is 49.3 Å². The van der Waals surface area contributed by atoms with Crippen LogP contribution in [0.15, 0.2) is 40.7 Å². The Hall–Kier alpha value is -1.96. The maximum atomic E-state index is 5.66. The third-order valence-electron chi connectivity index (χ3n) is 5.50. The molecule has 0 spiro atoms. The first-order chi connectivity index (χ1) is 14.6. The predicted molar refractivity (Wildman–Crippen MR) is 125 cm³/mol. The molecule has 164 valence electrons. The lowest BCUT2D eigenvalue weighted by atomic mass is 9.88. The van der Waals surface area contributed by atoms with Crippen molar-refractivity contribution in [2.45, 2.75) is 51.6 Å². The van der Waals surface area contributed by atoms with Crippen LogP contribution < -0.4 is 16.0 Å². The first kappa shape index (κ1) is 22.7. The molecule has 2 aromatic rings. The summed E-state index contributed by atoms with van der Waals surface area (Å²) in [4.78, 5) is 9.49. The number of nitrogens with one attached hydrogen (secondary N) is 3. The van der Waals surface area contributed by atoms with Gasteiger partial charge in [-0.3, -0.25) is 4.99 Å². The molecule has 0 radical (unpaired) electrons. The number of aromatic nitrogens is 1. The van der Waals surface area contributed by atoms with Gasteiger partial charge in [0.05, 0.1) is 17.2 Å². The highest BCUT2D eigenvalue weighted by Crippen LogP contribution is 2.26. The second-order valence-corrected chi connectivity index (χ2v) is 8.96. The van der Waals surface area contributed by atoms with Crippen molar-refractivity contribution in [1.82, 2.24) is 20.9 Å². The SMILES string of the molecule is CCNC(=NCC1(NC(C)c2ccccc2)CCOCC1)NCCc1csc(C)n1. The molecule has 0 bridgehead atoms. The van der Waals surface area contributed by atoms with Crippen LogP contribution in [0.1, 0.15) is 49.0 Å². The lowest BCUT2D eigenvalue weighted by Gasteiger charge is -2.39. The van der Waals surface area contributed by atoms with E-state index in [9.17, 15) is 0 Å². The molecule has 1 aromatic heterocycles. The molecule has 0 amide bonds. The summed E-state index contributed by atoms with van der Waals surface area (Å²) in [6.45, 7) is 10.3. The zero-order chi connectivity index (χ0) is 21.2. The van der Waals surface area contributed by atoms with Gasteiger partial charge in [0.15, 0.2) is 5.96 Å². The minimum absolute atomic E-state index is 0.0537. The fourth-order valence-electron chi connectivity index (χ4n) is 3.80. The van der Waals surface area contributed by atoms with Gasteiger partial charge in [-0.15, -0.1) is 11.3 Å². The van der Waals surface area contributed by atoms with Crippen LogP contribution >= 0.6 is 11.3 Å². The van der Waals surface area contributed by atoms with E-state index in [-0.39, 0.29) is 11.6 Å². The summed E-state index contributed by atoms with van der Waals surface area (Å²) >= 11 is 1.70. The number of hydrogen-bond acceptors (Lipinski definition) is 5. The molecule has 1 aromatic carbocycles. The third-order valence-corrected chi connectivity index (χ3v) is 6.32. The van der Waals surface area contributed by atoms with Gasteiger partial charge in [-0.1, -0.05) is 30.3 Å². The van der Waals surface area contributed by atoms with Crippen molar-refractivity contribution >= 4 is 17.3 Å². The van der Waals surface area contributed by atoms with E-state index in [4.69, 9.17) is 9.73 Å². The summed E-state index contributed by atoms with van der Waals surface area (Å²) in [6, 6.07) is 10.9. The summed E-state index contributed by atoms with van der Waals surface area (Å²) in [5.74, 6) is 0.865. The van der Waals surface area contributed by atoms with Gasteiger partial charge in [-0.2, -0.15) is 0 Å². The van der Waals surface area contributed by atoms with E-state index in [2.05, 4.69) is 70.5 Å². The number of ether oxygens (including phenoxy) is 1. The van der Waals surface area contributed by atoms with Crippen LogP contribution in [0.25, 0.3) is 0 Å². The smallest absolute Gasteiger partial charge is 0.191 e. The number of rotatable bonds is 9. The first-order valence-electron chi connectivity index (χ1n) is 10.9. The predicted octanol–water partition coefficient (Wildman–Crippen LogP) is 3.45. The molecule has 6 nitrogen and oxygen atoms in total. The molecular weight excluding hydrogens is 394 g/mol. The topological polar surface area (TPSA) is 70.6 Å². The lowest BCUT2D eigenvalue weighted by molar-refractivity contribution is 0.0374. The molecular formula is C23H35N5OS. The number of nitrogens with zero attached hydrogens (tertiary/aromatic N) is 2. The Balaban J connectivity index is 1.62. The van der Waals surface area contributed by atoms with Gasteiger partial charge in [-0.05, 0) is 39.2 Å². The van der Waals surface area contributed by atoms with E-state index in [0.717, 1.165) is 68.8 Å². The highest BCUT2D eigenvalue weighted by atomic mass is 32.1. The standard InChI is InChI=1S/C23H35N5OS/c1-4-24-22(25-13-10-21-16-30-19(3)27-21)26-17-23(11-14-29-15-12-23)28-18(2)20-8-6-5-7-9-20/h5-9,16,18,28H,4,10-15,17H2,1-3H3,(H2,24,25,26). The summed E-state index contributed by atoms with van der Waals surface area (Å²) < 4.78 is 5.66. The van der Waals surface area contributed by atoms with E-state index in [0.29, 0.717) is 0 Å². The zero-order valence-electron chi connectivity index (χ0n) is 18.4. The van der Waals surface area contributed by atoms with Gasteiger partial charge < -0.3 is 20.7 Å². The highest BCUT2D eigenvalue weighted by Gasteiger charge is 2.34. The number of benzene rings is 1. The molecule has 30 heavy (non-hydrogen) atoms. The molecule has 1 fully saturated rings. The zero-order valence-corrected chi connectivity index (χ0v) is 19.2. The molecule has 7 heteroatoms. The van der Waals surface area contributed by atoms with Crippen molar-refractivity contribution in [3.05, 3.63) is 52.0 Å². The van der Waals surface area contributed by atoms with E-state index in [1.807, 2.05) is 6.92 Å². The van der Waals surface area contributed by atoms with Crippen LogP contribution in [0.5, 0.6) is 0 Å². The molecule has 2 heterocycles. The van der Waals surface area contributed by atoms with Gasteiger partial charge in [0.25, 0.3) is 0 Å². The quantitative estimate of drug-likeness (QED) is 0.421. The van der Waals surface area contributed by atoms with Gasteiger partial charge in [-0.25, -0.2) is 4.98 Å². The number of aliphatic imine (C=N–C) groups is 1. The summed E-state index contributed by atoms with van der Waals surface area (Å²) in [6.07, 6.45) is 2.83. The molecule has 0 aliphatic carbocycles. The van der Waals surface area contributed by atoms with Crippen LogP contribution in [0.3, 0.4) is 0 Å². The van der Waals surface area contributed by atoms with E-state index >= 15 is 0 Å². The summed E-state index contributed by atoms with van der Waals surface area (Å²) in [5, 5.41) is 14.0. The van der Waals surface area contributed by atoms with Crippen LogP contribution in [0.4, 0.5) is 0 Å². The van der Waals surface area contributed by atoms with Crippen molar-refractivity contribution in [3.63, 3.8) is 0 Å². The summed E-state index contributed by atoms with van der Waals surface area (Å²) in [5.41, 5.74) is 2.39. The van der Waals surface area contributed by atoms with Gasteiger partial charge in [0.2, 0.25) is 0 Å². The minimum atomic E-state index is -0.0537. The Morgan fingerprint density at radius 1 is 1.23 bits per heavy atom. The van der Waals surface area contributed by atoms with Crippen LogP contribution in [0, 0.1) is 6.92 Å². The third kappa shape index (κ3) is 6.79. The van der Waals surface area contributed by atoms with Gasteiger partial charge in [0.1, 0.15) is 0 Å². The Morgan fingerprint density at radius 3 is 2.67 bits per heavy atom. The fraction of sp³-hybridized carbons (Fsp3) is 0.565. The largest absolute Gasteiger partial charge is 0.381 e. The maximum Gasteiger partial charge on any atom is 0.191 e. The molecule has 1 atom stereocenters. The summed E-state index contributed by atoms with van der Waals surface area (Å²) in [7, 11) is 0. The number of thiazole rings is 1. The lowest BCUT2D eigenvalue weighted by Crippen LogP contribution is -2.53. The normalized spacial score (nSPS) is 17.5. The van der Waals surface area contributed by atoms with Crippen molar-refractivity contribution in [2.24, 2.45) is 4.99 Å². The molecule has 1 aliphatic rings. The highest BCUT2D eigenvalue weighted by molar-refractivity contribution is 7.09. The van der Waals surface area contributed by atoms with Crippen LogP contribution in [-0.2, 0) is 11.2 Å². The Morgan fingerprint density at radius 2 is 2.00 bits per heavy atom. The van der Waals surface area contributed by atoms with E-state index in [1.54, 1.807) is 11.3 Å². The van der Waals surface area contributed by atoms with Crippen molar-refractivity contribution in [3.8, 4) is 0 Å². The number of hydrogen-bond donors (Lipinski definition) is 3. The van der Waals surface area contributed by atoms with Crippen molar-refractivity contribution in [1.29, 1.82) is 0 Å². The average Bonchev–Trinajstić information content (AvgIpc) is 3.18. The van der Waals surface area contributed by atoms with Crippen molar-refractivity contribution in [2.75, 3.05) is 32.8 Å². The maximum absolute atomic E-state index is 5.66. The molecule has 3 rings (SSSR count). The fourth-order valence-corrected chi connectivity index (χ4v) is 4.45. The molecule has 3 N–H and O–H groups in total. The molecule has 1 unspecified atom stereocenters. The van der Waals surface area contributed by atoms with Gasteiger partial charge in [0, 0.05) is 49.7 Å². The van der Waals surface area contributed by atoms with Crippen molar-refractivity contribution < 1.29 is 4.74 Å². The second-order valence-electron chi connectivity index (χ2n) is 7.90. The Kier molecular flexibility index (Phi) is 8.66. The molecule has 1 saturated heterocycles. The number of aryl methyl sites for hydroxylation is 1. The Labute approximate surface area is 184 Å². The minimum Gasteiger partial charge on any atom is -0.381 e.